The van der Waals surface area contributed by atoms with Crippen molar-refractivity contribution in [3.05, 3.63) is 35.3 Å². The quantitative estimate of drug-likeness (QED) is 0.777. The van der Waals surface area contributed by atoms with Crippen molar-refractivity contribution >= 4 is 42.1 Å². The molecular weight excluding hydrogens is 357 g/mol. The molecule has 1 aromatic heterocycles. The summed E-state index contributed by atoms with van der Waals surface area (Å²) < 4.78 is 5.41. The van der Waals surface area contributed by atoms with Crippen molar-refractivity contribution in [1.82, 2.24) is 10.3 Å². The predicted molar refractivity (Wildman–Crippen MR) is 99.0 cm³/mol. The van der Waals surface area contributed by atoms with E-state index in [1.165, 1.54) is 11.3 Å². The van der Waals surface area contributed by atoms with Crippen LogP contribution >= 0.6 is 36.2 Å². The molecule has 0 bridgehead atoms. The minimum absolute atomic E-state index is 0. The van der Waals surface area contributed by atoms with E-state index < -0.39 is 0 Å². The molecule has 0 unspecified atom stereocenters. The van der Waals surface area contributed by atoms with Crippen LogP contribution in [0.4, 0.5) is 0 Å². The highest BCUT2D eigenvalue weighted by Crippen LogP contribution is 2.25. The van der Waals surface area contributed by atoms with Crippen LogP contribution in [0.15, 0.2) is 29.6 Å². The highest BCUT2D eigenvalue weighted by atomic mass is 35.5. The lowest BCUT2D eigenvalue weighted by Crippen LogP contribution is -2.30. The molecular formula is C15H21Cl2N3O2S. The van der Waals surface area contributed by atoms with Gasteiger partial charge < -0.3 is 15.8 Å². The Labute approximate surface area is 152 Å². The first-order chi connectivity index (χ1) is 10.2. The van der Waals surface area contributed by atoms with Gasteiger partial charge in [0, 0.05) is 24.0 Å². The summed E-state index contributed by atoms with van der Waals surface area (Å²) in [5, 5.41) is 5.55. The Morgan fingerprint density at radius 3 is 2.61 bits per heavy atom. The molecule has 2 rings (SSSR count). The maximum Gasteiger partial charge on any atom is 0.226 e. The molecule has 1 amide bonds. The summed E-state index contributed by atoms with van der Waals surface area (Å²) in [4.78, 5) is 16.1. The largest absolute Gasteiger partial charge is 0.494 e. The number of nitrogens with zero attached hydrogens (tertiary/aromatic N) is 1. The van der Waals surface area contributed by atoms with Gasteiger partial charge in [-0.05, 0) is 31.2 Å². The smallest absolute Gasteiger partial charge is 0.226 e. The second-order valence-electron chi connectivity index (χ2n) is 4.42. The number of nitrogens with two attached hydrogens (primary N) is 1. The summed E-state index contributed by atoms with van der Waals surface area (Å²) in [6, 6.07) is 7.80. The van der Waals surface area contributed by atoms with E-state index in [1.807, 2.05) is 36.6 Å². The summed E-state index contributed by atoms with van der Waals surface area (Å²) in [6.07, 6.45) is 0.285. The number of nitrogens with one attached hydrogen (secondary N) is 1. The molecule has 0 aliphatic heterocycles. The minimum atomic E-state index is -0.0519. The predicted octanol–water partition coefficient (Wildman–Crippen LogP) is 2.67. The Bertz CT molecular complexity index is 591. The average molecular weight is 378 g/mol. The molecule has 0 aliphatic carbocycles. The zero-order chi connectivity index (χ0) is 15.1. The van der Waals surface area contributed by atoms with Crippen molar-refractivity contribution in [1.29, 1.82) is 0 Å². The molecule has 0 fully saturated rings. The normalized spacial score (nSPS) is 9.48. The van der Waals surface area contributed by atoms with E-state index in [9.17, 15) is 4.79 Å². The number of amides is 1. The van der Waals surface area contributed by atoms with Crippen LogP contribution < -0.4 is 15.8 Å². The second kappa shape index (κ2) is 11.2. The summed E-state index contributed by atoms with van der Waals surface area (Å²) in [5.41, 5.74) is 7.15. The summed E-state index contributed by atoms with van der Waals surface area (Å²) in [7, 11) is 0. The van der Waals surface area contributed by atoms with Crippen LogP contribution in [0, 0.1) is 0 Å². The van der Waals surface area contributed by atoms with E-state index in [1.54, 1.807) is 0 Å². The third-order valence-electron chi connectivity index (χ3n) is 2.77. The van der Waals surface area contributed by atoms with Gasteiger partial charge in [-0.2, -0.15) is 0 Å². The van der Waals surface area contributed by atoms with Gasteiger partial charge in [-0.25, -0.2) is 4.98 Å². The van der Waals surface area contributed by atoms with Crippen LogP contribution in [0.3, 0.4) is 0 Å². The number of hydrogen-bond acceptors (Lipinski definition) is 5. The van der Waals surface area contributed by atoms with Crippen LogP contribution in [-0.2, 0) is 11.2 Å². The Hall–Kier alpha value is -1.34. The van der Waals surface area contributed by atoms with Gasteiger partial charge in [0.15, 0.2) is 0 Å². The Kier molecular flexibility index (Phi) is 10.6. The first kappa shape index (κ1) is 21.7. The maximum absolute atomic E-state index is 11.6. The Morgan fingerprint density at radius 2 is 2.00 bits per heavy atom. The van der Waals surface area contributed by atoms with Gasteiger partial charge in [0.1, 0.15) is 10.8 Å². The van der Waals surface area contributed by atoms with Crippen LogP contribution in [-0.4, -0.2) is 30.6 Å². The van der Waals surface area contributed by atoms with E-state index >= 15 is 0 Å². The first-order valence-electron chi connectivity index (χ1n) is 6.87. The average Bonchev–Trinajstić information content (AvgIpc) is 2.94. The monoisotopic (exact) mass is 377 g/mol. The summed E-state index contributed by atoms with van der Waals surface area (Å²) in [5.74, 6) is 0.795. The number of thiazole rings is 1. The number of ether oxygens (including phenoxy) is 1. The topological polar surface area (TPSA) is 77.2 Å². The first-order valence-corrected chi connectivity index (χ1v) is 7.75. The van der Waals surface area contributed by atoms with E-state index in [0.717, 1.165) is 22.0 Å². The molecule has 3 N–H and O–H groups in total. The highest BCUT2D eigenvalue weighted by Gasteiger charge is 2.08. The van der Waals surface area contributed by atoms with Gasteiger partial charge in [0.2, 0.25) is 5.91 Å². The van der Waals surface area contributed by atoms with E-state index in [4.69, 9.17) is 10.5 Å². The lowest BCUT2D eigenvalue weighted by atomic mass is 10.2. The zero-order valence-electron chi connectivity index (χ0n) is 12.8. The van der Waals surface area contributed by atoms with Crippen molar-refractivity contribution in [2.45, 2.75) is 13.3 Å². The molecule has 5 nitrogen and oxygen atoms in total. The van der Waals surface area contributed by atoms with Crippen molar-refractivity contribution in [2.75, 3.05) is 19.7 Å². The molecule has 1 aromatic carbocycles. The lowest BCUT2D eigenvalue weighted by molar-refractivity contribution is -0.120. The van der Waals surface area contributed by atoms with Crippen molar-refractivity contribution in [2.24, 2.45) is 5.73 Å². The van der Waals surface area contributed by atoms with E-state index in [-0.39, 0.29) is 37.1 Å². The molecule has 2 aromatic rings. The molecule has 0 saturated heterocycles. The Balaban J connectivity index is 0.00000242. The van der Waals surface area contributed by atoms with Gasteiger partial charge in [-0.1, -0.05) is 0 Å². The van der Waals surface area contributed by atoms with Crippen molar-refractivity contribution in [3.63, 3.8) is 0 Å². The number of halogens is 2. The van der Waals surface area contributed by atoms with Crippen LogP contribution in [0.1, 0.15) is 12.6 Å². The third-order valence-corrected chi connectivity index (χ3v) is 3.71. The van der Waals surface area contributed by atoms with Gasteiger partial charge in [0.25, 0.3) is 0 Å². The fraction of sp³-hybridized carbons (Fsp3) is 0.333. The lowest BCUT2D eigenvalue weighted by Gasteiger charge is -2.03. The molecule has 0 radical (unpaired) electrons. The van der Waals surface area contributed by atoms with E-state index in [2.05, 4.69) is 10.3 Å². The molecule has 8 heteroatoms. The molecule has 128 valence electrons. The fourth-order valence-corrected chi connectivity index (χ4v) is 2.65. The fourth-order valence-electron chi connectivity index (χ4n) is 1.82. The highest BCUT2D eigenvalue weighted by molar-refractivity contribution is 7.13. The van der Waals surface area contributed by atoms with Crippen molar-refractivity contribution < 1.29 is 9.53 Å². The molecule has 0 saturated carbocycles. The van der Waals surface area contributed by atoms with Gasteiger partial charge in [-0.3, -0.25) is 4.79 Å². The van der Waals surface area contributed by atoms with Crippen LogP contribution in [0.25, 0.3) is 10.6 Å². The van der Waals surface area contributed by atoms with Gasteiger partial charge in [0.05, 0.1) is 18.7 Å². The number of rotatable bonds is 7. The summed E-state index contributed by atoms with van der Waals surface area (Å²) in [6.45, 7) is 3.55. The van der Waals surface area contributed by atoms with E-state index in [0.29, 0.717) is 19.7 Å². The minimum Gasteiger partial charge on any atom is -0.494 e. The van der Waals surface area contributed by atoms with Gasteiger partial charge in [-0.15, -0.1) is 36.2 Å². The maximum atomic E-state index is 11.6. The van der Waals surface area contributed by atoms with Gasteiger partial charge >= 0.3 is 0 Å². The van der Waals surface area contributed by atoms with Crippen LogP contribution in [0.5, 0.6) is 5.75 Å². The molecule has 23 heavy (non-hydrogen) atoms. The standard InChI is InChI=1S/C15H19N3O2S.2ClH/c1-2-20-13-5-3-11(4-6-13)15-18-12(10-21-15)9-14(19)17-8-7-16;;/h3-6,10H,2,7-9,16H2,1H3,(H,17,19);2*1H. The van der Waals surface area contributed by atoms with Crippen LogP contribution in [0.2, 0.25) is 0 Å². The zero-order valence-corrected chi connectivity index (χ0v) is 15.2. The SMILES string of the molecule is CCOc1ccc(-c2nc(CC(=O)NCCN)cs2)cc1.Cl.Cl. The summed E-state index contributed by atoms with van der Waals surface area (Å²) >= 11 is 1.53. The number of carbonyl (C=O) groups excluding carboxylic acids is 1. The Morgan fingerprint density at radius 1 is 1.30 bits per heavy atom. The number of benzene rings is 1. The molecule has 1 heterocycles. The molecule has 0 spiro atoms. The third kappa shape index (κ3) is 6.74. The number of carbonyl (C=O) groups is 1. The number of hydrogen-bond donors (Lipinski definition) is 2. The van der Waals surface area contributed by atoms with Crippen molar-refractivity contribution in [3.8, 4) is 16.3 Å². The number of aromatic nitrogens is 1. The molecule has 0 atom stereocenters. The molecule has 0 aliphatic rings. The second-order valence-corrected chi connectivity index (χ2v) is 5.27.